The van der Waals surface area contributed by atoms with Gasteiger partial charge in [0.1, 0.15) is 18.9 Å². The van der Waals surface area contributed by atoms with Crippen LogP contribution in [0.3, 0.4) is 0 Å². The fraction of sp³-hybridized carbons (Fsp3) is 0.211. The van der Waals surface area contributed by atoms with Crippen LogP contribution in [0.4, 0.5) is 13.2 Å². The van der Waals surface area contributed by atoms with E-state index in [0.717, 1.165) is 12.1 Å². The Kier molecular flexibility index (Phi) is 5.62. The van der Waals surface area contributed by atoms with Crippen molar-refractivity contribution in [2.45, 2.75) is 12.7 Å². The zero-order valence-corrected chi connectivity index (χ0v) is 14.6. The quantitative estimate of drug-likeness (QED) is 0.656. The highest BCUT2D eigenvalue weighted by atomic mass is 19.4. The number of halogens is 3. The third kappa shape index (κ3) is 4.67. The molecule has 1 aromatic heterocycles. The third-order valence-electron chi connectivity index (χ3n) is 3.92. The average Bonchev–Trinajstić information content (AvgIpc) is 2.67. The molecule has 1 heterocycles. The van der Waals surface area contributed by atoms with Crippen LogP contribution in [0.1, 0.15) is 5.56 Å². The van der Waals surface area contributed by atoms with E-state index in [1.54, 1.807) is 24.3 Å². The molecule has 9 heteroatoms. The van der Waals surface area contributed by atoms with Crippen LogP contribution in [-0.2, 0) is 17.5 Å². The number of hydrogen-bond donors (Lipinski definition) is 1. The summed E-state index contributed by atoms with van der Waals surface area (Å²) in [5.41, 5.74) is -0.529. The van der Waals surface area contributed by atoms with Gasteiger partial charge in [-0.3, -0.25) is 14.2 Å². The first kappa shape index (κ1) is 19.4. The van der Waals surface area contributed by atoms with E-state index < -0.39 is 17.6 Å². The van der Waals surface area contributed by atoms with E-state index in [4.69, 9.17) is 4.74 Å². The van der Waals surface area contributed by atoms with Crippen molar-refractivity contribution in [3.8, 4) is 5.75 Å². The number of amides is 1. The van der Waals surface area contributed by atoms with Crippen LogP contribution in [0.5, 0.6) is 5.75 Å². The maximum atomic E-state index is 12.5. The molecule has 0 aliphatic heterocycles. The van der Waals surface area contributed by atoms with Gasteiger partial charge < -0.3 is 10.1 Å². The van der Waals surface area contributed by atoms with Crippen molar-refractivity contribution in [2.75, 3.05) is 13.2 Å². The van der Waals surface area contributed by atoms with Crippen molar-refractivity contribution < 1.29 is 22.7 Å². The lowest BCUT2D eigenvalue weighted by Gasteiger charge is -2.10. The normalized spacial score (nSPS) is 11.4. The molecule has 1 N–H and O–H groups in total. The smallest absolute Gasteiger partial charge is 0.416 e. The number of aromatic nitrogens is 2. The average molecular weight is 391 g/mol. The highest BCUT2D eigenvalue weighted by molar-refractivity contribution is 5.78. The van der Waals surface area contributed by atoms with Crippen LogP contribution < -0.4 is 15.6 Å². The lowest BCUT2D eigenvalue weighted by atomic mass is 10.2. The van der Waals surface area contributed by atoms with Crippen molar-refractivity contribution in [3.63, 3.8) is 0 Å². The molecule has 0 unspecified atom stereocenters. The first-order valence-corrected chi connectivity index (χ1v) is 8.35. The molecule has 146 valence electrons. The SMILES string of the molecule is O=C(Cn1cnc2ccccc2c1=O)NCCOc1ccc(C(F)(F)F)cc1. The zero-order chi connectivity index (χ0) is 20.1. The first-order valence-electron chi connectivity index (χ1n) is 8.35. The Morgan fingerprint density at radius 3 is 2.54 bits per heavy atom. The molecule has 28 heavy (non-hydrogen) atoms. The maximum Gasteiger partial charge on any atom is 0.416 e. The Morgan fingerprint density at radius 2 is 1.82 bits per heavy atom. The summed E-state index contributed by atoms with van der Waals surface area (Å²) in [7, 11) is 0. The summed E-state index contributed by atoms with van der Waals surface area (Å²) in [5, 5.41) is 3.00. The van der Waals surface area contributed by atoms with Gasteiger partial charge in [0.05, 0.1) is 29.3 Å². The van der Waals surface area contributed by atoms with Crippen LogP contribution in [0.15, 0.2) is 59.7 Å². The van der Waals surface area contributed by atoms with E-state index in [1.807, 2.05) is 0 Å². The molecule has 0 atom stereocenters. The highest BCUT2D eigenvalue weighted by Crippen LogP contribution is 2.30. The summed E-state index contributed by atoms with van der Waals surface area (Å²) in [6.45, 7) is 0.00847. The number of carbonyl (C=O) groups excluding carboxylic acids is 1. The van der Waals surface area contributed by atoms with E-state index in [1.165, 1.54) is 23.0 Å². The van der Waals surface area contributed by atoms with E-state index in [2.05, 4.69) is 10.3 Å². The van der Waals surface area contributed by atoms with Gasteiger partial charge >= 0.3 is 6.18 Å². The number of fused-ring (bicyclic) bond motifs is 1. The molecule has 0 spiro atoms. The second-order valence-corrected chi connectivity index (χ2v) is 5.92. The van der Waals surface area contributed by atoms with Crippen molar-refractivity contribution in [1.29, 1.82) is 0 Å². The standard InChI is InChI=1S/C19H16F3N3O3/c20-19(21,22)13-5-7-14(8-6-13)28-10-9-23-17(26)11-25-12-24-16-4-2-1-3-15(16)18(25)27/h1-8,12H,9-11H2,(H,23,26). The molecule has 1 amide bonds. The number of nitrogens with one attached hydrogen (secondary N) is 1. The Balaban J connectivity index is 1.49. The number of benzene rings is 2. The van der Waals surface area contributed by atoms with Gasteiger partial charge in [-0.25, -0.2) is 4.98 Å². The monoisotopic (exact) mass is 391 g/mol. The van der Waals surface area contributed by atoms with Gasteiger partial charge in [0.15, 0.2) is 0 Å². The molecule has 2 aromatic carbocycles. The van der Waals surface area contributed by atoms with Gasteiger partial charge in [-0.1, -0.05) is 12.1 Å². The van der Waals surface area contributed by atoms with Crippen LogP contribution in [0.2, 0.25) is 0 Å². The molecule has 0 saturated heterocycles. The number of rotatable bonds is 6. The minimum absolute atomic E-state index is 0.0714. The van der Waals surface area contributed by atoms with Gasteiger partial charge in [0.2, 0.25) is 5.91 Å². The lowest BCUT2D eigenvalue weighted by Crippen LogP contribution is -2.34. The number of para-hydroxylation sites is 1. The molecule has 6 nitrogen and oxygen atoms in total. The minimum atomic E-state index is -4.40. The molecule has 0 fully saturated rings. The summed E-state index contributed by atoms with van der Waals surface area (Å²) < 4.78 is 44.0. The predicted octanol–water partition coefficient (Wildman–Crippen LogP) is 2.61. The van der Waals surface area contributed by atoms with Gasteiger partial charge in [0.25, 0.3) is 5.56 Å². The van der Waals surface area contributed by atoms with Crippen molar-refractivity contribution >= 4 is 16.8 Å². The molecule has 0 bridgehead atoms. The Labute approximate surface area is 157 Å². The molecule has 0 aliphatic rings. The maximum absolute atomic E-state index is 12.5. The topological polar surface area (TPSA) is 73.2 Å². The van der Waals surface area contributed by atoms with Crippen molar-refractivity contribution in [1.82, 2.24) is 14.9 Å². The van der Waals surface area contributed by atoms with Crippen molar-refractivity contribution in [3.05, 3.63) is 70.8 Å². The van der Waals surface area contributed by atoms with Crippen LogP contribution >= 0.6 is 0 Å². The van der Waals surface area contributed by atoms with Crippen LogP contribution in [0.25, 0.3) is 10.9 Å². The number of ether oxygens (including phenoxy) is 1. The summed E-state index contributed by atoms with van der Waals surface area (Å²) in [6, 6.07) is 11.1. The highest BCUT2D eigenvalue weighted by Gasteiger charge is 2.29. The van der Waals surface area contributed by atoms with E-state index >= 15 is 0 Å². The van der Waals surface area contributed by atoms with E-state index in [9.17, 15) is 22.8 Å². The minimum Gasteiger partial charge on any atom is -0.492 e. The van der Waals surface area contributed by atoms with Gasteiger partial charge in [0, 0.05) is 0 Å². The molecule has 3 aromatic rings. The number of nitrogens with zero attached hydrogens (tertiary/aromatic N) is 2. The van der Waals surface area contributed by atoms with Gasteiger partial charge in [-0.2, -0.15) is 13.2 Å². The lowest BCUT2D eigenvalue weighted by molar-refractivity contribution is -0.137. The van der Waals surface area contributed by atoms with Crippen LogP contribution in [0, 0.1) is 0 Å². The number of hydrogen-bond acceptors (Lipinski definition) is 4. The molecular formula is C19H16F3N3O3. The Hall–Kier alpha value is -3.36. The van der Waals surface area contributed by atoms with Crippen molar-refractivity contribution in [2.24, 2.45) is 0 Å². The molecule has 0 saturated carbocycles. The summed E-state index contributed by atoms with van der Waals surface area (Å²) >= 11 is 0. The third-order valence-corrected chi connectivity index (χ3v) is 3.92. The zero-order valence-electron chi connectivity index (χ0n) is 14.6. The molecular weight excluding hydrogens is 375 g/mol. The molecule has 3 rings (SSSR count). The number of alkyl halides is 3. The first-order chi connectivity index (χ1) is 13.3. The van der Waals surface area contributed by atoms with E-state index in [0.29, 0.717) is 10.9 Å². The van der Waals surface area contributed by atoms with E-state index in [-0.39, 0.29) is 31.0 Å². The second-order valence-electron chi connectivity index (χ2n) is 5.92. The Morgan fingerprint density at radius 1 is 1.11 bits per heavy atom. The summed E-state index contributed by atoms with van der Waals surface area (Å²) in [6.07, 6.45) is -3.09. The second kappa shape index (κ2) is 8.12. The Bertz CT molecular complexity index is 1030. The van der Waals surface area contributed by atoms with Gasteiger partial charge in [-0.05, 0) is 36.4 Å². The predicted molar refractivity (Wildman–Crippen MR) is 96.0 cm³/mol. The largest absolute Gasteiger partial charge is 0.492 e. The van der Waals surface area contributed by atoms with Gasteiger partial charge in [-0.15, -0.1) is 0 Å². The van der Waals surface area contributed by atoms with Crippen LogP contribution in [-0.4, -0.2) is 28.6 Å². The molecule has 0 radical (unpaired) electrons. The summed E-state index contributed by atoms with van der Waals surface area (Å²) in [4.78, 5) is 28.4. The number of carbonyl (C=O) groups is 1. The summed E-state index contributed by atoms with van der Waals surface area (Å²) in [5.74, 6) is -0.146. The molecule has 0 aliphatic carbocycles. The fourth-order valence-electron chi connectivity index (χ4n) is 2.53. The fourth-order valence-corrected chi connectivity index (χ4v) is 2.53.